The predicted octanol–water partition coefficient (Wildman–Crippen LogP) is 3.34. The van der Waals surface area contributed by atoms with E-state index in [0.29, 0.717) is 18.8 Å². The molecule has 0 aromatic heterocycles. The van der Waals surface area contributed by atoms with Crippen LogP contribution < -0.4 is 4.31 Å². The minimum absolute atomic E-state index is 0.0454. The summed E-state index contributed by atoms with van der Waals surface area (Å²) in [6.45, 7) is 2.93. The standard InChI is InChI=1S/C20H23FN2O3S/c1-16-5-9-18(10-6-16)23(15-20(24)22-13-3-2-4-14-22)27(25,26)19-11-7-17(21)8-12-19/h5-12H,2-4,13-15H2,1H3. The number of carbonyl (C=O) groups excluding carboxylic acids is 1. The Labute approximate surface area is 159 Å². The van der Waals surface area contributed by atoms with Crippen molar-refractivity contribution < 1.29 is 17.6 Å². The predicted molar refractivity (Wildman–Crippen MR) is 103 cm³/mol. The van der Waals surface area contributed by atoms with Gasteiger partial charge in [-0.25, -0.2) is 12.8 Å². The summed E-state index contributed by atoms with van der Waals surface area (Å²) in [4.78, 5) is 14.4. The van der Waals surface area contributed by atoms with Crippen LogP contribution in [0, 0.1) is 12.7 Å². The van der Waals surface area contributed by atoms with Crippen LogP contribution in [-0.2, 0) is 14.8 Å². The van der Waals surface area contributed by atoms with E-state index in [4.69, 9.17) is 0 Å². The fourth-order valence-electron chi connectivity index (χ4n) is 3.13. The Bertz CT molecular complexity index is 890. The van der Waals surface area contributed by atoms with Crippen LogP contribution in [0.1, 0.15) is 24.8 Å². The molecule has 1 fully saturated rings. The maximum Gasteiger partial charge on any atom is 0.264 e. The second-order valence-electron chi connectivity index (χ2n) is 6.74. The third-order valence-electron chi connectivity index (χ3n) is 4.71. The van der Waals surface area contributed by atoms with Crippen molar-refractivity contribution >= 4 is 21.6 Å². The summed E-state index contributed by atoms with van der Waals surface area (Å²) in [6, 6.07) is 11.6. The monoisotopic (exact) mass is 390 g/mol. The van der Waals surface area contributed by atoms with E-state index in [1.54, 1.807) is 29.2 Å². The molecule has 1 aliphatic rings. The molecule has 27 heavy (non-hydrogen) atoms. The smallest absolute Gasteiger partial charge is 0.264 e. The van der Waals surface area contributed by atoms with Crippen LogP contribution in [0.4, 0.5) is 10.1 Å². The zero-order chi connectivity index (χ0) is 19.4. The first kappa shape index (κ1) is 19.4. The van der Waals surface area contributed by atoms with Gasteiger partial charge in [0, 0.05) is 13.1 Å². The van der Waals surface area contributed by atoms with Gasteiger partial charge >= 0.3 is 0 Å². The molecule has 5 nitrogen and oxygen atoms in total. The number of piperidine rings is 1. The van der Waals surface area contributed by atoms with Crippen molar-refractivity contribution in [1.29, 1.82) is 0 Å². The molecule has 0 saturated carbocycles. The topological polar surface area (TPSA) is 57.7 Å². The quantitative estimate of drug-likeness (QED) is 0.787. The van der Waals surface area contributed by atoms with Crippen LogP contribution in [0.5, 0.6) is 0 Å². The molecule has 0 unspecified atom stereocenters. The van der Waals surface area contributed by atoms with Gasteiger partial charge in [-0.2, -0.15) is 0 Å². The highest BCUT2D eigenvalue weighted by atomic mass is 32.2. The van der Waals surface area contributed by atoms with Gasteiger partial charge in [0.1, 0.15) is 12.4 Å². The first-order valence-electron chi connectivity index (χ1n) is 9.01. The number of likely N-dealkylation sites (tertiary alicyclic amines) is 1. The number of rotatable bonds is 5. The summed E-state index contributed by atoms with van der Waals surface area (Å²) in [5.41, 5.74) is 1.40. The number of amides is 1. The van der Waals surface area contributed by atoms with Crippen molar-refractivity contribution in [3.05, 3.63) is 59.9 Å². The SMILES string of the molecule is Cc1ccc(N(CC(=O)N2CCCCC2)S(=O)(=O)c2ccc(F)cc2)cc1. The average Bonchev–Trinajstić information content (AvgIpc) is 2.68. The lowest BCUT2D eigenvalue weighted by Gasteiger charge is -2.30. The van der Waals surface area contributed by atoms with E-state index < -0.39 is 15.8 Å². The zero-order valence-electron chi connectivity index (χ0n) is 15.3. The molecule has 0 radical (unpaired) electrons. The lowest BCUT2D eigenvalue weighted by molar-refractivity contribution is -0.130. The van der Waals surface area contributed by atoms with E-state index >= 15 is 0 Å². The average molecular weight is 390 g/mol. The molecule has 0 N–H and O–H groups in total. The third-order valence-corrected chi connectivity index (χ3v) is 6.50. The molecule has 0 atom stereocenters. The lowest BCUT2D eigenvalue weighted by atomic mass is 10.1. The molecule has 0 bridgehead atoms. The number of hydrogen-bond donors (Lipinski definition) is 0. The van der Waals surface area contributed by atoms with E-state index in [1.807, 2.05) is 6.92 Å². The summed E-state index contributed by atoms with van der Waals surface area (Å²) < 4.78 is 40.7. The van der Waals surface area contributed by atoms with Crippen LogP contribution in [0.15, 0.2) is 53.4 Å². The van der Waals surface area contributed by atoms with Gasteiger partial charge in [-0.1, -0.05) is 17.7 Å². The third kappa shape index (κ3) is 4.47. The molecular formula is C20H23FN2O3S. The molecule has 1 amide bonds. The van der Waals surface area contributed by atoms with Gasteiger partial charge in [-0.05, 0) is 62.6 Å². The fraction of sp³-hybridized carbons (Fsp3) is 0.350. The number of nitrogens with zero attached hydrogens (tertiary/aromatic N) is 2. The molecule has 1 heterocycles. The summed E-state index contributed by atoms with van der Waals surface area (Å²) in [5, 5.41) is 0. The largest absolute Gasteiger partial charge is 0.341 e. The Balaban J connectivity index is 1.95. The molecule has 144 valence electrons. The molecule has 0 spiro atoms. The number of benzene rings is 2. The highest BCUT2D eigenvalue weighted by molar-refractivity contribution is 7.92. The van der Waals surface area contributed by atoms with Gasteiger partial charge in [-0.3, -0.25) is 9.10 Å². The Kier molecular flexibility index (Phi) is 5.79. The Morgan fingerprint density at radius 1 is 1.00 bits per heavy atom. The maximum atomic E-state index is 13.2. The fourth-order valence-corrected chi connectivity index (χ4v) is 4.54. The van der Waals surface area contributed by atoms with E-state index in [-0.39, 0.29) is 17.3 Å². The van der Waals surface area contributed by atoms with Crippen LogP contribution >= 0.6 is 0 Å². The maximum absolute atomic E-state index is 13.2. The first-order valence-corrected chi connectivity index (χ1v) is 10.4. The Hall–Kier alpha value is -2.41. The van der Waals surface area contributed by atoms with E-state index in [9.17, 15) is 17.6 Å². The number of carbonyl (C=O) groups is 1. The van der Waals surface area contributed by atoms with Gasteiger partial charge < -0.3 is 4.90 Å². The lowest BCUT2D eigenvalue weighted by Crippen LogP contribution is -2.44. The van der Waals surface area contributed by atoms with Gasteiger partial charge in [0.2, 0.25) is 5.91 Å². The number of hydrogen-bond acceptors (Lipinski definition) is 3. The summed E-state index contributed by atoms with van der Waals surface area (Å²) in [7, 11) is -4.00. The van der Waals surface area contributed by atoms with Crippen molar-refractivity contribution in [3.8, 4) is 0 Å². The van der Waals surface area contributed by atoms with Gasteiger partial charge in [0.05, 0.1) is 10.6 Å². The van der Waals surface area contributed by atoms with E-state index in [0.717, 1.165) is 41.3 Å². The molecule has 1 saturated heterocycles. The van der Waals surface area contributed by atoms with Crippen LogP contribution in [0.3, 0.4) is 0 Å². The van der Waals surface area contributed by atoms with Gasteiger partial charge in [0.15, 0.2) is 0 Å². The van der Waals surface area contributed by atoms with Gasteiger partial charge in [0.25, 0.3) is 10.0 Å². The molecular weight excluding hydrogens is 367 g/mol. The van der Waals surface area contributed by atoms with Crippen LogP contribution in [0.25, 0.3) is 0 Å². The highest BCUT2D eigenvalue weighted by Gasteiger charge is 2.29. The molecule has 7 heteroatoms. The summed E-state index contributed by atoms with van der Waals surface area (Å²) in [5.74, 6) is -0.735. The van der Waals surface area contributed by atoms with Crippen molar-refractivity contribution in [3.63, 3.8) is 0 Å². The molecule has 2 aromatic carbocycles. The van der Waals surface area contributed by atoms with Crippen molar-refractivity contribution in [2.45, 2.75) is 31.1 Å². The molecule has 3 rings (SSSR count). The second-order valence-corrected chi connectivity index (χ2v) is 8.60. The Morgan fingerprint density at radius 3 is 2.19 bits per heavy atom. The van der Waals surface area contributed by atoms with Crippen LogP contribution in [0.2, 0.25) is 0 Å². The van der Waals surface area contributed by atoms with Gasteiger partial charge in [-0.15, -0.1) is 0 Å². The highest BCUT2D eigenvalue weighted by Crippen LogP contribution is 2.25. The molecule has 2 aromatic rings. The van der Waals surface area contributed by atoms with Crippen molar-refractivity contribution in [1.82, 2.24) is 4.90 Å². The number of aryl methyl sites for hydroxylation is 1. The number of sulfonamides is 1. The van der Waals surface area contributed by atoms with Crippen molar-refractivity contribution in [2.24, 2.45) is 0 Å². The molecule has 0 aliphatic carbocycles. The van der Waals surface area contributed by atoms with E-state index in [2.05, 4.69) is 0 Å². The number of halogens is 1. The minimum Gasteiger partial charge on any atom is -0.341 e. The Morgan fingerprint density at radius 2 is 1.59 bits per heavy atom. The van der Waals surface area contributed by atoms with E-state index in [1.165, 1.54) is 12.1 Å². The minimum atomic E-state index is -4.00. The normalized spacial score (nSPS) is 14.8. The summed E-state index contributed by atoms with van der Waals surface area (Å²) in [6.07, 6.45) is 2.95. The second kappa shape index (κ2) is 8.08. The zero-order valence-corrected chi connectivity index (χ0v) is 16.1. The first-order chi connectivity index (χ1) is 12.9. The van der Waals surface area contributed by atoms with Crippen LogP contribution in [-0.4, -0.2) is 38.9 Å². The van der Waals surface area contributed by atoms with Crippen molar-refractivity contribution in [2.75, 3.05) is 23.9 Å². The molecule has 1 aliphatic heterocycles. The number of anilines is 1. The summed E-state index contributed by atoms with van der Waals surface area (Å²) >= 11 is 0.